The Balaban J connectivity index is 0.00000156. The molecule has 2 heterocycles. The van der Waals surface area contributed by atoms with Crippen LogP contribution < -0.4 is 10.2 Å². The van der Waals surface area contributed by atoms with Crippen LogP contribution in [0.3, 0.4) is 0 Å². The van der Waals surface area contributed by atoms with Crippen LogP contribution in [0.15, 0.2) is 30.3 Å². The SMILES string of the molecule is Cl.O=C(c1cc2c(s1)CCCC2)N1CCNCc2ccccc21. The molecule has 1 aromatic heterocycles. The van der Waals surface area contributed by atoms with Crippen LogP contribution in [-0.4, -0.2) is 19.0 Å². The highest BCUT2D eigenvalue weighted by molar-refractivity contribution is 7.14. The van der Waals surface area contributed by atoms with Gasteiger partial charge >= 0.3 is 0 Å². The standard InChI is InChI=1S/C18H20N2OS.ClH/c21-18(17-11-13-5-2-4-8-16(13)22-17)20-10-9-19-12-14-6-1-3-7-15(14)20;/h1,3,6-7,11,19H,2,4-5,8-10,12H2;1H. The zero-order valence-electron chi connectivity index (χ0n) is 13.0. The van der Waals surface area contributed by atoms with Crippen LogP contribution in [0.5, 0.6) is 0 Å². The molecule has 2 aliphatic rings. The summed E-state index contributed by atoms with van der Waals surface area (Å²) in [5, 5.41) is 3.40. The highest BCUT2D eigenvalue weighted by Crippen LogP contribution is 2.32. The number of fused-ring (bicyclic) bond motifs is 2. The molecule has 4 rings (SSSR count). The summed E-state index contributed by atoms with van der Waals surface area (Å²) in [7, 11) is 0. The Hall–Kier alpha value is -1.36. The maximum Gasteiger partial charge on any atom is 0.268 e. The van der Waals surface area contributed by atoms with E-state index in [-0.39, 0.29) is 18.3 Å². The first-order chi connectivity index (χ1) is 10.8. The molecule has 0 saturated carbocycles. The van der Waals surface area contributed by atoms with Crippen LogP contribution in [0, 0.1) is 0 Å². The minimum absolute atomic E-state index is 0. The molecule has 3 nitrogen and oxygen atoms in total. The van der Waals surface area contributed by atoms with Crippen molar-refractivity contribution in [2.24, 2.45) is 0 Å². The summed E-state index contributed by atoms with van der Waals surface area (Å²) in [5.74, 6) is 0.163. The smallest absolute Gasteiger partial charge is 0.268 e. The number of thiophene rings is 1. The minimum Gasteiger partial charge on any atom is -0.311 e. The summed E-state index contributed by atoms with van der Waals surface area (Å²) in [6.45, 7) is 2.41. The molecule has 0 fully saturated rings. The lowest BCUT2D eigenvalue weighted by molar-refractivity contribution is 0.0991. The first-order valence-electron chi connectivity index (χ1n) is 8.05. The van der Waals surface area contributed by atoms with Gasteiger partial charge in [-0.05, 0) is 48.9 Å². The molecule has 0 saturated heterocycles. The number of benzene rings is 1. The molecule has 0 unspecified atom stereocenters. The average molecular weight is 349 g/mol. The van der Waals surface area contributed by atoms with E-state index < -0.39 is 0 Å². The number of hydrogen-bond acceptors (Lipinski definition) is 3. The lowest BCUT2D eigenvalue weighted by Crippen LogP contribution is -2.34. The van der Waals surface area contributed by atoms with Gasteiger partial charge < -0.3 is 10.2 Å². The van der Waals surface area contributed by atoms with Gasteiger partial charge in [0.05, 0.1) is 4.88 Å². The Bertz CT molecular complexity index is 689. The molecule has 1 aromatic carbocycles. The second-order valence-electron chi connectivity index (χ2n) is 6.03. The predicted molar refractivity (Wildman–Crippen MR) is 98.0 cm³/mol. The van der Waals surface area contributed by atoms with Crippen molar-refractivity contribution < 1.29 is 4.79 Å². The molecule has 5 heteroatoms. The Morgan fingerprint density at radius 3 is 2.83 bits per heavy atom. The third kappa shape index (κ3) is 3.16. The molecule has 0 spiro atoms. The normalized spacial score (nSPS) is 16.8. The molecule has 1 aliphatic heterocycles. The highest BCUT2D eigenvalue weighted by atomic mass is 35.5. The van der Waals surface area contributed by atoms with Crippen molar-refractivity contribution in [2.45, 2.75) is 32.2 Å². The number of anilines is 1. The zero-order chi connectivity index (χ0) is 14.9. The van der Waals surface area contributed by atoms with Gasteiger partial charge in [0, 0.05) is 30.2 Å². The van der Waals surface area contributed by atoms with Gasteiger partial charge in [0.1, 0.15) is 0 Å². The monoisotopic (exact) mass is 348 g/mol. The summed E-state index contributed by atoms with van der Waals surface area (Å²) in [5.41, 5.74) is 3.67. The number of carbonyl (C=O) groups excluding carboxylic acids is 1. The summed E-state index contributed by atoms with van der Waals surface area (Å²) < 4.78 is 0. The van der Waals surface area contributed by atoms with Gasteiger partial charge in [-0.2, -0.15) is 0 Å². The van der Waals surface area contributed by atoms with Crippen molar-refractivity contribution in [3.05, 3.63) is 51.2 Å². The van der Waals surface area contributed by atoms with Gasteiger partial charge in [0.2, 0.25) is 0 Å². The molecule has 0 radical (unpaired) electrons. The number of amides is 1. The van der Waals surface area contributed by atoms with Gasteiger partial charge in [-0.25, -0.2) is 0 Å². The van der Waals surface area contributed by atoms with Gasteiger partial charge in [-0.1, -0.05) is 18.2 Å². The maximum absolute atomic E-state index is 13.0. The van der Waals surface area contributed by atoms with Crippen LogP contribution in [-0.2, 0) is 19.4 Å². The van der Waals surface area contributed by atoms with Crippen molar-refractivity contribution in [1.82, 2.24) is 5.32 Å². The van der Waals surface area contributed by atoms with Crippen molar-refractivity contribution >= 4 is 35.3 Å². The van der Waals surface area contributed by atoms with E-state index in [4.69, 9.17) is 0 Å². The number of carbonyl (C=O) groups is 1. The van der Waals surface area contributed by atoms with E-state index in [0.29, 0.717) is 0 Å². The number of aryl methyl sites for hydroxylation is 2. The number of nitrogens with zero attached hydrogens (tertiary/aromatic N) is 1. The fraction of sp³-hybridized carbons (Fsp3) is 0.389. The molecule has 1 N–H and O–H groups in total. The summed E-state index contributed by atoms with van der Waals surface area (Å²) in [6.07, 6.45) is 4.80. The van der Waals surface area contributed by atoms with Crippen LogP contribution in [0.2, 0.25) is 0 Å². The largest absolute Gasteiger partial charge is 0.311 e. The maximum atomic E-state index is 13.0. The van der Waals surface area contributed by atoms with E-state index >= 15 is 0 Å². The number of rotatable bonds is 1. The van der Waals surface area contributed by atoms with E-state index in [1.165, 1.54) is 28.8 Å². The molecular formula is C18H21ClN2OS. The summed E-state index contributed by atoms with van der Waals surface area (Å²) >= 11 is 1.71. The molecule has 122 valence electrons. The van der Waals surface area contributed by atoms with Gasteiger partial charge in [0.15, 0.2) is 0 Å². The molecule has 23 heavy (non-hydrogen) atoms. The second kappa shape index (κ2) is 7.04. The molecule has 0 atom stereocenters. The lowest BCUT2D eigenvalue weighted by atomic mass is 9.99. The second-order valence-corrected chi connectivity index (χ2v) is 7.17. The molecular weight excluding hydrogens is 328 g/mol. The summed E-state index contributed by atoms with van der Waals surface area (Å²) in [4.78, 5) is 17.3. The zero-order valence-corrected chi connectivity index (χ0v) is 14.6. The van der Waals surface area contributed by atoms with E-state index in [0.717, 1.165) is 43.0 Å². The number of halogens is 1. The van der Waals surface area contributed by atoms with Crippen molar-refractivity contribution in [1.29, 1.82) is 0 Å². The molecule has 1 aliphatic carbocycles. The fourth-order valence-electron chi connectivity index (χ4n) is 3.40. The van der Waals surface area contributed by atoms with Crippen molar-refractivity contribution in [3.63, 3.8) is 0 Å². The van der Waals surface area contributed by atoms with E-state index in [1.54, 1.807) is 11.3 Å². The molecule has 0 bridgehead atoms. The minimum atomic E-state index is 0. The van der Waals surface area contributed by atoms with E-state index in [9.17, 15) is 4.79 Å². The van der Waals surface area contributed by atoms with E-state index in [2.05, 4.69) is 23.5 Å². The number of nitrogens with one attached hydrogen (secondary N) is 1. The van der Waals surface area contributed by atoms with E-state index in [1.807, 2.05) is 17.0 Å². The van der Waals surface area contributed by atoms with Crippen LogP contribution in [0.4, 0.5) is 5.69 Å². The molecule has 2 aromatic rings. The van der Waals surface area contributed by atoms with Gasteiger partial charge in [-0.3, -0.25) is 4.79 Å². The fourth-order valence-corrected chi connectivity index (χ4v) is 4.60. The number of para-hydroxylation sites is 1. The average Bonchev–Trinajstić information content (AvgIpc) is 2.87. The Kier molecular flexibility index (Phi) is 5.05. The first kappa shape index (κ1) is 16.5. The lowest BCUT2D eigenvalue weighted by Gasteiger charge is -2.21. The Morgan fingerprint density at radius 2 is 1.96 bits per heavy atom. The Labute approximate surface area is 147 Å². The quantitative estimate of drug-likeness (QED) is 0.850. The van der Waals surface area contributed by atoms with Gasteiger partial charge in [-0.15, -0.1) is 23.7 Å². The third-order valence-corrected chi connectivity index (χ3v) is 5.79. The Morgan fingerprint density at radius 1 is 1.13 bits per heavy atom. The van der Waals surface area contributed by atoms with Crippen molar-refractivity contribution in [2.75, 3.05) is 18.0 Å². The predicted octanol–water partition coefficient (Wildman–Crippen LogP) is 3.80. The van der Waals surface area contributed by atoms with Crippen molar-refractivity contribution in [3.8, 4) is 0 Å². The molecule has 1 amide bonds. The van der Waals surface area contributed by atoms with Crippen LogP contribution in [0.25, 0.3) is 0 Å². The topological polar surface area (TPSA) is 32.3 Å². The third-order valence-electron chi connectivity index (χ3n) is 4.56. The summed E-state index contributed by atoms with van der Waals surface area (Å²) in [6, 6.07) is 10.4. The number of hydrogen-bond donors (Lipinski definition) is 1. The van der Waals surface area contributed by atoms with Crippen LogP contribution >= 0.6 is 23.7 Å². The van der Waals surface area contributed by atoms with Gasteiger partial charge in [0.25, 0.3) is 5.91 Å². The highest BCUT2D eigenvalue weighted by Gasteiger charge is 2.25. The first-order valence-corrected chi connectivity index (χ1v) is 8.86. The van der Waals surface area contributed by atoms with Crippen LogP contribution in [0.1, 0.15) is 38.5 Å².